The van der Waals surface area contributed by atoms with Gasteiger partial charge in [-0.2, -0.15) is 0 Å². The van der Waals surface area contributed by atoms with Crippen molar-refractivity contribution in [3.8, 4) is 23.0 Å². The summed E-state index contributed by atoms with van der Waals surface area (Å²) in [6, 6.07) is 13.5. The maximum Gasteiger partial charge on any atom is 0.161 e. The van der Waals surface area contributed by atoms with Gasteiger partial charge in [-0.05, 0) is 101 Å². The van der Waals surface area contributed by atoms with Crippen LogP contribution in [0.2, 0.25) is 0 Å². The van der Waals surface area contributed by atoms with Crippen LogP contribution in [0.3, 0.4) is 0 Å². The van der Waals surface area contributed by atoms with Crippen molar-refractivity contribution < 1.29 is 28.6 Å². The number of hydrogen-bond donors (Lipinski definition) is 0. The van der Waals surface area contributed by atoms with Crippen LogP contribution in [0.5, 0.6) is 23.0 Å². The fourth-order valence-electron chi connectivity index (χ4n) is 8.68. The molecule has 0 bridgehead atoms. The Morgan fingerprint density at radius 2 is 1.02 bits per heavy atom. The minimum atomic E-state index is 0.0803. The second-order valence-electron chi connectivity index (χ2n) is 13.3. The van der Waals surface area contributed by atoms with Gasteiger partial charge in [0.15, 0.2) is 36.2 Å². The normalized spacial score (nSPS) is 29.8. The number of likely N-dealkylation sites (tertiary alicyclic amines) is 2. The molecule has 2 aromatic rings. The molecule has 2 aliphatic heterocycles. The molecule has 10 heteroatoms. The Morgan fingerprint density at radius 3 is 1.41 bits per heavy atom. The second-order valence-corrected chi connectivity index (χ2v) is 13.3. The Bertz CT molecular complexity index is 1340. The summed E-state index contributed by atoms with van der Waals surface area (Å²) in [5, 5.41) is 9.12. The van der Waals surface area contributed by atoms with E-state index in [4.69, 9.17) is 28.6 Å². The van der Waals surface area contributed by atoms with E-state index in [1.165, 1.54) is 11.1 Å². The van der Waals surface area contributed by atoms with E-state index in [0.29, 0.717) is 25.3 Å². The molecule has 2 aliphatic carbocycles. The number of ether oxygens (including phenoxy) is 4. The van der Waals surface area contributed by atoms with Gasteiger partial charge in [-0.1, -0.05) is 22.4 Å². The summed E-state index contributed by atoms with van der Waals surface area (Å²) in [5.74, 6) is 3.10. The number of fused-ring (bicyclic) bond motifs is 2. The molecule has 4 fully saturated rings. The highest BCUT2D eigenvalue weighted by molar-refractivity contribution is 5.86. The van der Waals surface area contributed by atoms with E-state index in [1.807, 2.05) is 12.1 Å². The summed E-state index contributed by atoms with van der Waals surface area (Å²) in [4.78, 5) is 16.5. The quantitative estimate of drug-likeness (QED) is 0.239. The number of oxime groups is 2. The van der Waals surface area contributed by atoms with Crippen LogP contribution in [0.1, 0.15) is 62.5 Å². The van der Waals surface area contributed by atoms with Crippen LogP contribution < -0.4 is 18.9 Å². The van der Waals surface area contributed by atoms with Crippen molar-refractivity contribution in [1.82, 2.24) is 9.80 Å². The Kier molecular flexibility index (Phi) is 9.66. The van der Waals surface area contributed by atoms with E-state index in [9.17, 15) is 0 Å². The van der Waals surface area contributed by atoms with Crippen molar-refractivity contribution in [3.05, 3.63) is 47.5 Å². The maximum atomic E-state index is 5.76. The number of benzene rings is 2. The molecule has 2 heterocycles. The number of methoxy groups -OCH3 is 4. The summed E-state index contributed by atoms with van der Waals surface area (Å²) < 4.78 is 22.2. The zero-order valence-electron chi connectivity index (χ0n) is 28.3. The molecule has 2 saturated heterocycles. The summed E-state index contributed by atoms with van der Waals surface area (Å²) in [6.07, 6.45) is 7.93. The lowest BCUT2D eigenvalue weighted by Gasteiger charge is -2.42. The van der Waals surface area contributed by atoms with Crippen molar-refractivity contribution in [1.29, 1.82) is 0 Å². The van der Waals surface area contributed by atoms with Crippen LogP contribution in [-0.4, -0.2) is 102 Å². The van der Waals surface area contributed by atoms with Gasteiger partial charge in [0.25, 0.3) is 0 Å². The van der Waals surface area contributed by atoms with Crippen molar-refractivity contribution in [2.75, 3.05) is 68.8 Å². The van der Waals surface area contributed by atoms with Crippen LogP contribution in [0.15, 0.2) is 46.7 Å². The topological polar surface area (TPSA) is 86.6 Å². The van der Waals surface area contributed by atoms with Crippen LogP contribution in [0, 0.1) is 0 Å². The minimum Gasteiger partial charge on any atom is -0.493 e. The smallest absolute Gasteiger partial charge is 0.161 e. The molecule has 0 N–H and O–H groups in total. The van der Waals surface area contributed by atoms with Gasteiger partial charge in [0.2, 0.25) is 0 Å². The molecule has 0 spiro atoms. The zero-order chi connectivity index (χ0) is 32.3. The van der Waals surface area contributed by atoms with Crippen molar-refractivity contribution in [2.24, 2.45) is 10.3 Å². The van der Waals surface area contributed by atoms with E-state index in [0.717, 1.165) is 98.9 Å². The van der Waals surface area contributed by atoms with Gasteiger partial charge in [0.05, 0.1) is 39.9 Å². The first-order chi connectivity index (χ1) is 22.4. The van der Waals surface area contributed by atoms with Gasteiger partial charge in [0.1, 0.15) is 0 Å². The van der Waals surface area contributed by atoms with Crippen LogP contribution in [-0.2, 0) is 20.5 Å². The third kappa shape index (κ3) is 5.90. The number of nitrogens with zero attached hydrogens (tertiary/aromatic N) is 4. The molecule has 0 aromatic heterocycles. The highest BCUT2D eigenvalue weighted by Gasteiger charge is 2.51. The van der Waals surface area contributed by atoms with Gasteiger partial charge < -0.3 is 38.4 Å². The number of likely N-dealkylation sites (N-methyl/N-ethyl adjacent to an activating group) is 2. The monoisotopic (exact) mass is 634 g/mol. The summed E-state index contributed by atoms with van der Waals surface area (Å²) >= 11 is 0. The first-order valence-corrected chi connectivity index (χ1v) is 16.6. The molecule has 2 saturated carbocycles. The molecule has 0 amide bonds. The lowest BCUT2D eigenvalue weighted by molar-refractivity contribution is 0.0514. The van der Waals surface area contributed by atoms with Crippen LogP contribution >= 0.6 is 0 Å². The first kappa shape index (κ1) is 32.4. The van der Waals surface area contributed by atoms with Crippen LogP contribution in [0.25, 0.3) is 0 Å². The molecule has 0 unspecified atom stereocenters. The Morgan fingerprint density at radius 1 is 0.609 bits per heavy atom. The summed E-state index contributed by atoms with van der Waals surface area (Å²) in [6.45, 7) is 2.88. The molecular formula is C36H50N4O6. The van der Waals surface area contributed by atoms with E-state index in [-0.39, 0.29) is 10.8 Å². The predicted molar refractivity (Wildman–Crippen MR) is 179 cm³/mol. The average molecular weight is 635 g/mol. The van der Waals surface area contributed by atoms with Gasteiger partial charge >= 0.3 is 0 Å². The van der Waals surface area contributed by atoms with Gasteiger partial charge in [-0.25, -0.2) is 0 Å². The fraction of sp³-hybridized carbons (Fsp3) is 0.611. The molecule has 0 radical (unpaired) electrons. The highest BCUT2D eigenvalue weighted by Crippen LogP contribution is 2.50. The average Bonchev–Trinajstić information content (AvgIpc) is 3.62. The molecule has 250 valence electrons. The first-order valence-electron chi connectivity index (χ1n) is 16.6. The maximum absolute atomic E-state index is 5.76. The van der Waals surface area contributed by atoms with Crippen molar-refractivity contribution in [2.45, 2.75) is 74.3 Å². The summed E-state index contributed by atoms with van der Waals surface area (Å²) in [7, 11) is 11.2. The molecule has 4 atom stereocenters. The van der Waals surface area contributed by atoms with Crippen LogP contribution in [0.4, 0.5) is 0 Å². The van der Waals surface area contributed by atoms with E-state index in [2.05, 4.69) is 58.5 Å². The zero-order valence-corrected chi connectivity index (χ0v) is 28.3. The van der Waals surface area contributed by atoms with Gasteiger partial charge in [-0.3, -0.25) is 0 Å². The van der Waals surface area contributed by atoms with Crippen molar-refractivity contribution in [3.63, 3.8) is 0 Å². The molecule has 46 heavy (non-hydrogen) atoms. The lowest BCUT2D eigenvalue weighted by Crippen LogP contribution is -2.46. The Balaban J connectivity index is 1.02. The Labute approximate surface area is 273 Å². The Hall–Kier alpha value is -3.50. The lowest BCUT2D eigenvalue weighted by atomic mass is 9.65. The third-order valence-corrected chi connectivity index (χ3v) is 11.3. The van der Waals surface area contributed by atoms with Gasteiger partial charge in [-0.15, -0.1) is 0 Å². The molecule has 10 nitrogen and oxygen atoms in total. The van der Waals surface area contributed by atoms with Gasteiger partial charge in [0, 0.05) is 35.8 Å². The van der Waals surface area contributed by atoms with E-state index >= 15 is 0 Å². The SMILES string of the molecule is COc1ccc([C@@]23CCC(=NOCCO/N=C4\CC[C@@]5(c6ccc(OC)c(OC)c6)CCN(C)[C@H]5C4)C[C@@H]2N(C)CC3)cc1OC. The van der Waals surface area contributed by atoms with Crippen molar-refractivity contribution >= 4 is 11.4 Å². The molecule has 6 rings (SSSR count). The number of rotatable bonds is 11. The standard InChI is InChI=1S/C36H50N4O6/c1-39-17-15-35(25-7-9-29(41-3)31(21-25)43-5)13-11-27(23-33(35)39)37-45-19-20-46-38-28-12-14-36(16-18-40(2)34(36)24-28)26-8-10-30(42-4)32(22-26)44-6/h7-10,21-22,33-34H,11-20,23-24H2,1-6H3/b37-27+,38-28?/t33-,34-,35-,36-/m0/s1. The largest absolute Gasteiger partial charge is 0.493 e. The third-order valence-electron chi connectivity index (χ3n) is 11.3. The molecule has 4 aliphatic rings. The minimum absolute atomic E-state index is 0.0803. The molecule has 2 aromatic carbocycles. The predicted octanol–water partition coefficient (Wildman–Crippen LogP) is 5.42. The summed E-state index contributed by atoms with van der Waals surface area (Å²) in [5.41, 5.74) is 5.03. The second kappa shape index (κ2) is 13.7. The molecular weight excluding hydrogens is 584 g/mol. The van der Waals surface area contributed by atoms with E-state index < -0.39 is 0 Å². The highest BCUT2D eigenvalue weighted by atomic mass is 16.7. The van der Waals surface area contributed by atoms with E-state index in [1.54, 1.807) is 28.4 Å². The number of hydrogen-bond acceptors (Lipinski definition) is 10. The fourth-order valence-corrected chi connectivity index (χ4v) is 8.68.